The number of carbonyl (C=O) groups is 2. The lowest BCUT2D eigenvalue weighted by atomic mass is 10.1. The summed E-state index contributed by atoms with van der Waals surface area (Å²) in [6, 6.07) is 1.79. The second-order valence-electron chi connectivity index (χ2n) is 6.27. The molecule has 1 heterocycles. The zero-order chi connectivity index (χ0) is 18.3. The maximum Gasteiger partial charge on any atom is 0.308 e. The van der Waals surface area contributed by atoms with Crippen LogP contribution in [-0.4, -0.2) is 58.0 Å². The highest BCUT2D eigenvalue weighted by Gasteiger charge is 2.24. The third kappa shape index (κ3) is 5.63. The van der Waals surface area contributed by atoms with Gasteiger partial charge in [0.15, 0.2) is 0 Å². The van der Waals surface area contributed by atoms with E-state index in [1.54, 1.807) is 29.6 Å². The second-order valence-corrected chi connectivity index (χ2v) is 6.27. The molecule has 0 aromatic carbocycles. The molecule has 0 saturated heterocycles. The Morgan fingerprint density at radius 2 is 2.04 bits per heavy atom. The molecule has 136 valence electrons. The molecular formula is C17H29N3O4. The van der Waals surface area contributed by atoms with Crippen molar-refractivity contribution < 1.29 is 19.4 Å². The van der Waals surface area contributed by atoms with Crippen LogP contribution in [0.3, 0.4) is 0 Å². The summed E-state index contributed by atoms with van der Waals surface area (Å²) in [5, 5.41) is 13.5. The summed E-state index contributed by atoms with van der Waals surface area (Å²) in [7, 11) is 1.73. The van der Waals surface area contributed by atoms with Gasteiger partial charge in [-0.25, -0.2) is 0 Å². The molecule has 7 heteroatoms. The monoisotopic (exact) mass is 339 g/mol. The van der Waals surface area contributed by atoms with Gasteiger partial charge in [-0.15, -0.1) is 0 Å². The van der Waals surface area contributed by atoms with Crippen molar-refractivity contribution in [3.63, 3.8) is 0 Å². The Kier molecular flexibility index (Phi) is 7.91. The lowest BCUT2D eigenvalue weighted by Gasteiger charge is -2.24. The first-order chi connectivity index (χ1) is 11.3. The quantitative estimate of drug-likeness (QED) is 0.660. The van der Waals surface area contributed by atoms with Crippen molar-refractivity contribution in [2.45, 2.75) is 40.0 Å². The topological polar surface area (TPSA) is 84.7 Å². The van der Waals surface area contributed by atoms with Gasteiger partial charge in [-0.05, 0) is 25.3 Å². The number of hydrogen-bond donors (Lipinski definition) is 1. The van der Waals surface area contributed by atoms with Crippen LogP contribution in [0.25, 0.3) is 0 Å². The van der Waals surface area contributed by atoms with Crippen LogP contribution in [0.4, 0.5) is 0 Å². The standard InChI is InChI=1S/C17H29N3O4/c1-6-24-9-7-8-20(11-13(4)17(22)23)16(21)15-10-14(12(2)3)18-19(15)5/h10,12-13H,6-9,11H2,1-5H3,(H,22,23). The number of aromatic nitrogens is 2. The Balaban J connectivity index is 2.90. The minimum absolute atomic E-state index is 0.169. The summed E-state index contributed by atoms with van der Waals surface area (Å²) in [4.78, 5) is 25.6. The van der Waals surface area contributed by atoms with E-state index in [0.29, 0.717) is 31.9 Å². The van der Waals surface area contributed by atoms with Gasteiger partial charge in [0.05, 0.1) is 11.6 Å². The average Bonchev–Trinajstić information content (AvgIpc) is 2.91. The molecule has 1 atom stereocenters. The number of ether oxygens (including phenoxy) is 1. The predicted octanol–water partition coefficient (Wildman–Crippen LogP) is 2.13. The summed E-state index contributed by atoms with van der Waals surface area (Å²) in [6.07, 6.45) is 0.667. The molecule has 1 aromatic heterocycles. The lowest BCUT2D eigenvalue weighted by Crippen LogP contribution is -2.38. The van der Waals surface area contributed by atoms with Crippen LogP contribution >= 0.6 is 0 Å². The van der Waals surface area contributed by atoms with Crippen molar-refractivity contribution in [2.24, 2.45) is 13.0 Å². The number of amides is 1. The SMILES string of the molecule is CCOCCCN(CC(C)C(=O)O)C(=O)c1cc(C(C)C)nn1C. The molecule has 7 nitrogen and oxygen atoms in total. The number of carboxylic acid groups (broad SMARTS) is 1. The fraction of sp³-hybridized carbons (Fsp3) is 0.706. The number of carboxylic acids is 1. The summed E-state index contributed by atoms with van der Waals surface area (Å²) < 4.78 is 6.88. The molecule has 1 amide bonds. The Morgan fingerprint density at radius 1 is 1.38 bits per heavy atom. The van der Waals surface area contributed by atoms with E-state index < -0.39 is 11.9 Å². The Hall–Kier alpha value is -1.89. The fourth-order valence-electron chi connectivity index (χ4n) is 2.32. The van der Waals surface area contributed by atoms with Gasteiger partial charge in [0, 0.05) is 33.4 Å². The summed E-state index contributed by atoms with van der Waals surface area (Å²) >= 11 is 0. The van der Waals surface area contributed by atoms with E-state index in [4.69, 9.17) is 9.84 Å². The first-order valence-electron chi connectivity index (χ1n) is 8.41. The van der Waals surface area contributed by atoms with E-state index >= 15 is 0 Å². The van der Waals surface area contributed by atoms with Crippen molar-refractivity contribution in [1.82, 2.24) is 14.7 Å². The number of rotatable bonds is 10. The number of carbonyl (C=O) groups excluding carboxylic acids is 1. The van der Waals surface area contributed by atoms with Gasteiger partial charge < -0.3 is 14.7 Å². The molecule has 0 aliphatic carbocycles. The third-order valence-electron chi connectivity index (χ3n) is 3.83. The molecular weight excluding hydrogens is 310 g/mol. The summed E-state index contributed by atoms with van der Waals surface area (Å²) in [6.45, 7) is 9.35. The first-order valence-corrected chi connectivity index (χ1v) is 8.41. The molecule has 0 spiro atoms. The van der Waals surface area contributed by atoms with Gasteiger partial charge in [-0.1, -0.05) is 20.8 Å². The second kappa shape index (κ2) is 9.42. The maximum absolute atomic E-state index is 12.9. The van der Waals surface area contributed by atoms with Gasteiger partial charge in [0.25, 0.3) is 5.91 Å². The van der Waals surface area contributed by atoms with Gasteiger partial charge in [-0.2, -0.15) is 5.10 Å². The molecule has 24 heavy (non-hydrogen) atoms. The van der Waals surface area contributed by atoms with Crippen LogP contribution in [-0.2, 0) is 16.6 Å². The van der Waals surface area contributed by atoms with E-state index in [-0.39, 0.29) is 18.4 Å². The number of aliphatic carboxylic acids is 1. The zero-order valence-corrected chi connectivity index (χ0v) is 15.3. The Labute approximate surface area is 143 Å². The van der Waals surface area contributed by atoms with Crippen LogP contribution < -0.4 is 0 Å². The van der Waals surface area contributed by atoms with Crippen LogP contribution in [0.1, 0.15) is 56.2 Å². The van der Waals surface area contributed by atoms with Crippen molar-refractivity contribution in [3.8, 4) is 0 Å². The average molecular weight is 339 g/mol. The minimum Gasteiger partial charge on any atom is -0.481 e. The van der Waals surface area contributed by atoms with E-state index in [0.717, 1.165) is 5.69 Å². The summed E-state index contributed by atoms with van der Waals surface area (Å²) in [5.41, 5.74) is 1.33. The Bertz CT molecular complexity index is 554. The van der Waals surface area contributed by atoms with Gasteiger partial charge >= 0.3 is 5.97 Å². The van der Waals surface area contributed by atoms with Gasteiger partial charge in [0.1, 0.15) is 5.69 Å². The molecule has 0 aliphatic heterocycles. The van der Waals surface area contributed by atoms with Crippen LogP contribution in [0.2, 0.25) is 0 Å². The highest BCUT2D eigenvalue weighted by molar-refractivity contribution is 5.93. The number of hydrogen-bond acceptors (Lipinski definition) is 4. The molecule has 0 radical (unpaired) electrons. The molecule has 1 aromatic rings. The van der Waals surface area contributed by atoms with Crippen LogP contribution in [0.5, 0.6) is 0 Å². The number of nitrogens with zero attached hydrogens (tertiary/aromatic N) is 3. The van der Waals surface area contributed by atoms with E-state index in [9.17, 15) is 9.59 Å². The van der Waals surface area contributed by atoms with E-state index in [2.05, 4.69) is 5.10 Å². The molecule has 0 saturated carbocycles. The Morgan fingerprint density at radius 3 is 2.54 bits per heavy atom. The van der Waals surface area contributed by atoms with Gasteiger partial charge in [-0.3, -0.25) is 14.3 Å². The smallest absolute Gasteiger partial charge is 0.308 e. The van der Waals surface area contributed by atoms with E-state index in [1.807, 2.05) is 20.8 Å². The van der Waals surface area contributed by atoms with Crippen LogP contribution in [0.15, 0.2) is 6.07 Å². The number of aryl methyl sites for hydroxylation is 1. The predicted molar refractivity (Wildman–Crippen MR) is 91.1 cm³/mol. The largest absolute Gasteiger partial charge is 0.481 e. The highest BCUT2D eigenvalue weighted by atomic mass is 16.5. The fourth-order valence-corrected chi connectivity index (χ4v) is 2.32. The lowest BCUT2D eigenvalue weighted by molar-refractivity contribution is -0.141. The molecule has 1 rings (SSSR count). The molecule has 0 aliphatic rings. The van der Waals surface area contributed by atoms with Crippen molar-refractivity contribution in [1.29, 1.82) is 0 Å². The molecule has 0 fully saturated rings. The third-order valence-corrected chi connectivity index (χ3v) is 3.83. The summed E-state index contributed by atoms with van der Waals surface area (Å²) in [5.74, 6) is -1.51. The minimum atomic E-state index is -0.912. The van der Waals surface area contributed by atoms with E-state index in [1.165, 1.54) is 0 Å². The van der Waals surface area contributed by atoms with Crippen molar-refractivity contribution >= 4 is 11.9 Å². The van der Waals surface area contributed by atoms with Crippen molar-refractivity contribution in [2.75, 3.05) is 26.3 Å². The molecule has 0 bridgehead atoms. The molecule has 1 N–H and O–H groups in total. The maximum atomic E-state index is 12.9. The molecule has 1 unspecified atom stereocenters. The van der Waals surface area contributed by atoms with Crippen LogP contribution in [0, 0.1) is 5.92 Å². The first kappa shape index (κ1) is 20.2. The van der Waals surface area contributed by atoms with Crippen molar-refractivity contribution in [3.05, 3.63) is 17.5 Å². The normalized spacial score (nSPS) is 12.4. The highest BCUT2D eigenvalue weighted by Crippen LogP contribution is 2.16. The van der Waals surface area contributed by atoms with Gasteiger partial charge in [0.2, 0.25) is 0 Å². The zero-order valence-electron chi connectivity index (χ0n) is 15.3.